The first-order chi connectivity index (χ1) is 9.81. The fourth-order valence-corrected chi connectivity index (χ4v) is 2.17. The highest BCUT2D eigenvalue weighted by Gasteiger charge is 2.01. The van der Waals surface area contributed by atoms with Crippen molar-refractivity contribution >= 4 is 5.78 Å². The molecule has 1 N–H and O–H groups in total. The highest BCUT2D eigenvalue weighted by Crippen LogP contribution is 2.08. The minimum Gasteiger partial charge on any atom is -0.396 e. The molecule has 0 aromatic carbocycles. The molecule has 0 saturated heterocycles. The Morgan fingerprint density at radius 1 is 0.800 bits per heavy atom. The summed E-state index contributed by atoms with van der Waals surface area (Å²) in [5.74, 6) is 0.388. The molecule has 0 heterocycles. The Bertz CT molecular complexity index is 204. The molecule has 0 radical (unpaired) electrons. The Morgan fingerprint density at radius 3 is 1.95 bits per heavy atom. The monoisotopic (exact) mass is 286 g/mol. The van der Waals surface area contributed by atoms with Crippen molar-refractivity contribution in [2.24, 2.45) is 0 Å². The van der Waals surface area contributed by atoms with E-state index in [2.05, 4.69) is 6.92 Å². The van der Waals surface area contributed by atoms with Gasteiger partial charge in [0, 0.05) is 32.7 Å². The molecule has 0 aromatic heterocycles. The van der Waals surface area contributed by atoms with Crippen molar-refractivity contribution in [3.8, 4) is 0 Å². The van der Waals surface area contributed by atoms with Crippen LogP contribution < -0.4 is 0 Å². The van der Waals surface area contributed by atoms with Gasteiger partial charge in [-0.15, -0.1) is 0 Å². The molecule has 0 aliphatic rings. The first kappa shape index (κ1) is 19.6. The molecule has 0 aliphatic carbocycles. The summed E-state index contributed by atoms with van der Waals surface area (Å²) in [6.07, 6.45) is 12.3. The van der Waals surface area contributed by atoms with Gasteiger partial charge in [0.2, 0.25) is 0 Å². The number of carbonyl (C=O) groups is 1. The average molecular weight is 286 g/mol. The largest absolute Gasteiger partial charge is 0.396 e. The lowest BCUT2D eigenvalue weighted by Crippen LogP contribution is -1.99. The maximum atomic E-state index is 11.6. The Kier molecular flexibility index (Phi) is 16.3. The van der Waals surface area contributed by atoms with E-state index in [1.807, 2.05) is 0 Å². The van der Waals surface area contributed by atoms with Crippen LogP contribution in [0.25, 0.3) is 0 Å². The second kappa shape index (κ2) is 16.6. The molecule has 0 saturated carbocycles. The summed E-state index contributed by atoms with van der Waals surface area (Å²) in [7, 11) is 0. The van der Waals surface area contributed by atoms with E-state index < -0.39 is 0 Å². The minimum atomic E-state index is 0.245. The Balaban J connectivity index is 3.09. The zero-order valence-corrected chi connectivity index (χ0v) is 13.4. The molecule has 0 aromatic rings. The van der Waals surface area contributed by atoms with Gasteiger partial charge >= 0.3 is 0 Å². The van der Waals surface area contributed by atoms with Crippen molar-refractivity contribution in [1.82, 2.24) is 0 Å². The zero-order valence-electron chi connectivity index (χ0n) is 13.4. The van der Waals surface area contributed by atoms with E-state index in [4.69, 9.17) is 9.84 Å². The second-order valence-electron chi connectivity index (χ2n) is 5.56. The number of unbranched alkanes of at least 4 members (excludes halogenated alkanes) is 7. The second-order valence-corrected chi connectivity index (χ2v) is 5.56. The minimum absolute atomic E-state index is 0.245. The average Bonchev–Trinajstić information content (AvgIpc) is 2.45. The molecular formula is C17H34O3. The summed E-state index contributed by atoms with van der Waals surface area (Å²) in [5, 5.41) is 8.64. The van der Waals surface area contributed by atoms with Gasteiger partial charge in [-0.25, -0.2) is 0 Å². The number of Topliss-reactive ketones (excluding diaryl/α,β-unsaturated/α-hetero) is 1. The van der Waals surface area contributed by atoms with Crippen molar-refractivity contribution in [2.75, 3.05) is 19.8 Å². The molecule has 0 aliphatic heterocycles. The fraction of sp³-hybridized carbons (Fsp3) is 0.941. The Morgan fingerprint density at radius 2 is 1.35 bits per heavy atom. The molecule has 120 valence electrons. The lowest BCUT2D eigenvalue weighted by Gasteiger charge is -2.04. The van der Waals surface area contributed by atoms with Gasteiger partial charge in [-0.05, 0) is 32.1 Å². The summed E-state index contributed by atoms with van der Waals surface area (Å²) < 4.78 is 5.55. The maximum absolute atomic E-state index is 11.6. The summed E-state index contributed by atoms with van der Waals surface area (Å²) in [6, 6.07) is 0. The van der Waals surface area contributed by atoms with Gasteiger partial charge in [-0.2, -0.15) is 0 Å². The van der Waals surface area contributed by atoms with Crippen LogP contribution in [-0.4, -0.2) is 30.7 Å². The molecule has 20 heavy (non-hydrogen) atoms. The number of hydrogen-bond acceptors (Lipinski definition) is 3. The van der Waals surface area contributed by atoms with Gasteiger partial charge < -0.3 is 9.84 Å². The van der Waals surface area contributed by atoms with Crippen molar-refractivity contribution in [2.45, 2.75) is 84.0 Å². The topological polar surface area (TPSA) is 46.5 Å². The van der Waals surface area contributed by atoms with Crippen LogP contribution in [0.1, 0.15) is 84.0 Å². The number of aliphatic hydroxyl groups excluding tert-OH is 1. The molecule has 3 heteroatoms. The fourth-order valence-electron chi connectivity index (χ4n) is 2.17. The standard InChI is InChI=1S/C17H34O3/c1-2-3-10-15-20-16-11-5-4-7-12-17(19)13-8-6-9-14-18/h18H,2-16H2,1H3. The van der Waals surface area contributed by atoms with Crippen molar-refractivity contribution < 1.29 is 14.6 Å². The van der Waals surface area contributed by atoms with Crippen LogP contribution >= 0.6 is 0 Å². The number of ether oxygens (including phenoxy) is 1. The number of hydrogen-bond donors (Lipinski definition) is 1. The van der Waals surface area contributed by atoms with Gasteiger partial charge in [0.25, 0.3) is 0 Å². The number of carbonyl (C=O) groups excluding carboxylic acids is 1. The molecule has 0 spiro atoms. The van der Waals surface area contributed by atoms with E-state index in [0.29, 0.717) is 12.2 Å². The third-order valence-corrected chi connectivity index (χ3v) is 3.50. The molecule has 0 fully saturated rings. The van der Waals surface area contributed by atoms with E-state index in [9.17, 15) is 4.79 Å². The van der Waals surface area contributed by atoms with Gasteiger partial charge in [0.05, 0.1) is 0 Å². The lowest BCUT2D eigenvalue weighted by molar-refractivity contribution is -0.119. The number of ketones is 1. The zero-order chi connectivity index (χ0) is 14.9. The van der Waals surface area contributed by atoms with Crippen LogP contribution in [-0.2, 0) is 9.53 Å². The normalized spacial score (nSPS) is 10.9. The summed E-state index contributed by atoms with van der Waals surface area (Å²) >= 11 is 0. The maximum Gasteiger partial charge on any atom is 0.132 e. The van der Waals surface area contributed by atoms with Crippen LogP contribution in [0.15, 0.2) is 0 Å². The molecule has 0 atom stereocenters. The van der Waals surface area contributed by atoms with Gasteiger partial charge in [-0.1, -0.05) is 39.0 Å². The first-order valence-corrected chi connectivity index (χ1v) is 8.51. The summed E-state index contributed by atoms with van der Waals surface area (Å²) in [5.41, 5.74) is 0. The Hall–Kier alpha value is -0.410. The van der Waals surface area contributed by atoms with Crippen LogP contribution in [0.5, 0.6) is 0 Å². The third-order valence-electron chi connectivity index (χ3n) is 3.50. The SMILES string of the molecule is CCCCCOCCCCCCC(=O)CCCCCO. The lowest BCUT2D eigenvalue weighted by atomic mass is 10.1. The van der Waals surface area contributed by atoms with E-state index in [1.54, 1.807) is 0 Å². The van der Waals surface area contributed by atoms with Crippen molar-refractivity contribution in [3.05, 3.63) is 0 Å². The molecule has 0 unspecified atom stereocenters. The van der Waals surface area contributed by atoms with Gasteiger partial charge in [-0.3, -0.25) is 4.79 Å². The Labute approximate surface area is 125 Å². The van der Waals surface area contributed by atoms with Crippen LogP contribution in [0, 0.1) is 0 Å². The number of aliphatic hydroxyl groups is 1. The van der Waals surface area contributed by atoms with E-state index in [1.165, 1.54) is 25.7 Å². The molecule has 0 amide bonds. The quantitative estimate of drug-likeness (QED) is 0.431. The van der Waals surface area contributed by atoms with Crippen molar-refractivity contribution in [1.29, 1.82) is 0 Å². The predicted molar refractivity (Wildman–Crippen MR) is 84.0 cm³/mol. The smallest absolute Gasteiger partial charge is 0.132 e. The molecular weight excluding hydrogens is 252 g/mol. The highest BCUT2D eigenvalue weighted by molar-refractivity contribution is 5.78. The van der Waals surface area contributed by atoms with Gasteiger partial charge in [0.1, 0.15) is 5.78 Å². The number of rotatable bonds is 16. The molecule has 0 rings (SSSR count). The third kappa shape index (κ3) is 15.6. The van der Waals surface area contributed by atoms with Crippen LogP contribution in [0.2, 0.25) is 0 Å². The van der Waals surface area contributed by atoms with Gasteiger partial charge in [0.15, 0.2) is 0 Å². The highest BCUT2D eigenvalue weighted by atomic mass is 16.5. The predicted octanol–water partition coefficient (Wildman–Crippen LogP) is 4.27. The van der Waals surface area contributed by atoms with E-state index >= 15 is 0 Å². The first-order valence-electron chi connectivity index (χ1n) is 8.51. The van der Waals surface area contributed by atoms with Crippen molar-refractivity contribution in [3.63, 3.8) is 0 Å². The molecule has 3 nitrogen and oxygen atoms in total. The summed E-state index contributed by atoms with van der Waals surface area (Å²) in [6.45, 7) is 4.22. The van der Waals surface area contributed by atoms with E-state index in [-0.39, 0.29) is 6.61 Å². The van der Waals surface area contributed by atoms with Crippen LogP contribution in [0.4, 0.5) is 0 Å². The van der Waals surface area contributed by atoms with Crippen LogP contribution in [0.3, 0.4) is 0 Å². The summed E-state index contributed by atoms with van der Waals surface area (Å²) in [4.78, 5) is 11.6. The van der Waals surface area contributed by atoms with E-state index in [0.717, 1.165) is 58.2 Å². The molecule has 0 bridgehead atoms.